The van der Waals surface area contributed by atoms with Crippen LogP contribution in [0, 0.1) is 6.92 Å². The molecule has 0 aromatic carbocycles. The highest BCUT2D eigenvalue weighted by atomic mass is 35.5. The third-order valence-corrected chi connectivity index (χ3v) is 2.71. The molecule has 1 rings (SSSR count). The van der Waals surface area contributed by atoms with Crippen LogP contribution in [0.4, 0.5) is 0 Å². The van der Waals surface area contributed by atoms with Crippen LogP contribution in [0.5, 0.6) is 0 Å². The molecule has 0 aliphatic carbocycles. The number of carbonyl (C=O) groups is 1. The Morgan fingerprint density at radius 1 is 1.47 bits per heavy atom. The molecule has 0 aliphatic rings. The quantitative estimate of drug-likeness (QED) is 0.794. The molecule has 1 aromatic heterocycles. The summed E-state index contributed by atoms with van der Waals surface area (Å²) >= 11 is 5.92. The number of hydrogen-bond acceptors (Lipinski definition) is 2. The maximum Gasteiger partial charge on any atom is 0.255 e. The van der Waals surface area contributed by atoms with Crippen LogP contribution in [0.15, 0.2) is 12.3 Å². The van der Waals surface area contributed by atoms with Crippen LogP contribution in [0.2, 0.25) is 5.02 Å². The summed E-state index contributed by atoms with van der Waals surface area (Å²) in [7, 11) is 0. The van der Waals surface area contributed by atoms with E-state index in [-0.39, 0.29) is 5.91 Å². The van der Waals surface area contributed by atoms with Crippen molar-refractivity contribution in [3.63, 3.8) is 0 Å². The first kappa shape index (κ1) is 12.0. The second-order valence-corrected chi connectivity index (χ2v) is 3.68. The highest BCUT2D eigenvalue weighted by Gasteiger charge is 2.13. The fourth-order valence-corrected chi connectivity index (χ4v) is 1.48. The van der Waals surface area contributed by atoms with E-state index >= 15 is 0 Å². The van der Waals surface area contributed by atoms with Crippen molar-refractivity contribution in [3.8, 4) is 0 Å². The first-order chi connectivity index (χ1) is 7.10. The number of rotatable bonds is 3. The van der Waals surface area contributed by atoms with E-state index in [0.29, 0.717) is 23.7 Å². The molecule has 1 amide bonds. The number of carbonyl (C=O) groups excluding carboxylic acids is 1. The first-order valence-electron chi connectivity index (χ1n) is 5.01. The van der Waals surface area contributed by atoms with Gasteiger partial charge in [-0.1, -0.05) is 11.6 Å². The highest BCUT2D eigenvalue weighted by molar-refractivity contribution is 6.31. The standard InChI is InChI=1S/C11H15ClN2O/c1-4-14(5-2)11(15)9-6-10(12)8(3)13-7-9/h6-7H,4-5H2,1-3H3. The predicted molar refractivity (Wildman–Crippen MR) is 61.2 cm³/mol. The molecule has 0 unspecified atom stereocenters. The van der Waals surface area contributed by atoms with Gasteiger partial charge in [-0.15, -0.1) is 0 Å². The minimum atomic E-state index is -0.0191. The van der Waals surface area contributed by atoms with Crippen LogP contribution in [0.3, 0.4) is 0 Å². The number of aryl methyl sites for hydroxylation is 1. The van der Waals surface area contributed by atoms with Crippen molar-refractivity contribution in [3.05, 3.63) is 28.5 Å². The molecule has 0 fully saturated rings. The lowest BCUT2D eigenvalue weighted by Gasteiger charge is -2.18. The summed E-state index contributed by atoms with van der Waals surface area (Å²) in [6.45, 7) is 7.10. The number of nitrogens with zero attached hydrogens (tertiary/aromatic N) is 2. The molecule has 3 nitrogen and oxygen atoms in total. The zero-order valence-corrected chi connectivity index (χ0v) is 10.0. The van der Waals surface area contributed by atoms with Gasteiger partial charge < -0.3 is 4.90 Å². The Bertz CT molecular complexity index is 362. The van der Waals surface area contributed by atoms with Gasteiger partial charge in [-0.25, -0.2) is 0 Å². The van der Waals surface area contributed by atoms with Crippen LogP contribution < -0.4 is 0 Å². The Morgan fingerprint density at radius 2 is 2.07 bits per heavy atom. The smallest absolute Gasteiger partial charge is 0.255 e. The molecular formula is C11H15ClN2O. The molecule has 15 heavy (non-hydrogen) atoms. The van der Waals surface area contributed by atoms with E-state index in [1.54, 1.807) is 17.2 Å². The normalized spacial score (nSPS) is 10.1. The Morgan fingerprint density at radius 3 is 2.53 bits per heavy atom. The van der Waals surface area contributed by atoms with E-state index in [4.69, 9.17) is 11.6 Å². The molecule has 0 bridgehead atoms. The molecule has 0 radical (unpaired) electrons. The van der Waals surface area contributed by atoms with Crippen LogP contribution in [0.25, 0.3) is 0 Å². The second-order valence-electron chi connectivity index (χ2n) is 3.27. The molecule has 0 N–H and O–H groups in total. The van der Waals surface area contributed by atoms with Crippen molar-refractivity contribution >= 4 is 17.5 Å². The molecule has 0 aliphatic heterocycles. The number of pyridine rings is 1. The minimum absolute atomic E-state index is 0.0191. The van der Waals surface area contributed by atoms with Crippen LogP contribution in [-0.4, -0.2) is 28.9 Å². The van der Waals surface area contributed by atoms with Gasteiger partial charge >= 0.3 is 0 Å². The van der Waals surface area contributed by atoms with Crippen LogP contribution in [-0.2, 0) is 0 Å². The number of amides is 1. The Balaban J connectivity index is 2.96. The Hall–Kier alpha value is -1.09. The number of halogens is 1. The fourth-order valence-electron chi connectivity index (χ4n) is 1.32. The second kappa shape index (κ2) is 5.12. The van der Waals surface area contributed by atoms with Crippen molar-refractivity contribution in [2.45, 2.75) is 20.8 Å². The topological polar surface area (TPSA) is 33.2 Å². The first-order valence-corrected chi connectivity index (χ1v) is 5.39. The minimum Gasteiger partial charge on any atom is -0.339 e. The maximum absolute atomic E-state index is 11.9. The van der Waals surface area contributed by atoms with Gasteiger partial charge in [0.1, 0.15) is 0 Å². The van der Waals surface area contributed by atoms with Crippen molar-refractivity contribution < 1.29 is 4.79 Å². The van der Waals surface area contributed by atoms with Gasteiger partial charge in [0.15, 0.2) is 0 Å². The van der Waals surface area contributed by atoms with E-state index in [9.17, 15) is 4.79 Å². The Labute approximate surface area is 95.1 Å². The summed E-state index contributed by atoms with van der Waals surface area (Å²) in [5, 5.41) is 0.535. The molecule has 1 heterocycles. The third-order valence-electron chi connectivity index (χ3n) is 2.32. The molecule has 1 aromatic rings. The van der Waals surface area contributed by atoms with Crippen molar-refractivity contribution in [2.75, 3.05) is 13.1 Å². The summed E-state index contributed by atoms with van der Waals surface area (Å²) in [6.07, 6.45) is 1.57. The highest BCUT2D eigenvalue weighted by Crippen LogP contribution is 2.15. The zero-order valence-electron chi connectivity index (χ0n) is 9.25. The summed E-state index contributed by atoms with van der Waals surface area (Å²) in [6, 6.07) is 1.67. The van der Waals surface area contributed by atoms with E-state index in [2.05, 4.69) is 4.98 Å². The van der Waals surface area contributed by atoms with E-state index in [1.165, 1.54) is 0 Å². The zero-order chi connectivity index (χ0) is 11.4. The molecule has 0 saturated carbocycles. The predicted octanol–water partition coefficient (Wildman–Crippen LogP) is 2.53. The van der Waals surface area contributed by atoms with Gasteiger partial charge in [0.2, 0.25) is 0 Å². The molecule has 82 valence electrons. The van der Waals surface area contributed by atoms with Gasteiger partial charge in [0.25, 0.3) is 5.91 Å². The fraction of sp³-hybridized carbons (Fsp3) is 0.455. The molecular weight excluding hydrogens is 212 g/mol. The lowest BCUT2D eigenvalue weighted by atomic mass is 10.2. The summed E-state index contributed by atoms with van der Waals surface area (Å²) in [5.74, 6) is -0.0191. The molecule has 0 saturated heterocycles. The number of aromatic nitrogens is 1. The van der Waals surface area contributed by atoms with Gasteiger partial charge in [-0.3, -0.25) is 9.78 Å². The third kappa shape index (κ3) is 2.69. The monoisotopic (exact) mass is 226 g/mol. The maximum atomic E-state index is 11.9. The van der Waals surface area contributed by atoms with E-state index in [0.717, 1.165) is 5.69 Å². The van der Waals surface area contributed by atoms with Gasteiger partial charge in [0.05, 0.1) is 16.3 Å². The van der Waals surface area contributed by atoms with Crippen molar-refractivity contribution in [1.29, 1.82) is 0 Å². The summed E-state index contributed by atoms with van der Waals surface area (Å²) in [4.78, 5) is 17.7. The Kier molecular flexibility index (Phi) is 4.09. The number of hydrogen-bond donors (Lipinski definition) is 0. The largest absolute Gasteiger partial charge is 0.339 e. The molecule has 0 atom stereocenters. The molecule has 0 spiro atoms. The average molecular weight is 227 g/mol. The summed E-state index contributed by atoms with van der Waals surface area (Å²) in [5.41, 5.74) is 1.29. The van der Waals surface area contributed by atoms with Crippen LogP contribution in [0.1, 0.15) is 29.9 Å². The van der Waals surface area contributed by atoms with Crippen molar-refractivity contribution in [2.24, 2.45) is 0 Å². The SMILES string of the molecule is CCN(CC)C(=O)c1cnc(C)c(Cl)c1. The van der Waals surface area contributed by atoms with Gasteiger partial charge in [-0.2, -0.15) is 0 Å². The lowest BCUT2D eigenvalue weighted by molar-refractivity contribution is 0.0772. The van der Waals surface area contributed by atoms with Gasteiger partial charge in [-0.05, 0) is 26.8 Å². The van der Waals surface area contributed by atoms with E-state index < -0.39 is 0 Å². The summed E-state index contributed by atoms with van der Waals surface area (Å²) < 4.78 is 0. The average Bonchev–Trinajstić information content (AvgIpc) is 2.23. The van der Waals surface area contributed by atoms with Crippen LogP contribution >= 0.6 is 11.6 Å². The van der Waals surface area contributed by atoms with Crippen molar-refractivity contribution in [1.82, 2.24) is 9.88 Å². The lowest BCUT2D eigenvalue weighted by Crippen LogP contribution is -2.30. The van der Waals surface area contributed by atoms with Gasteiger partial charge in [0, 0.05) is 19.3 Å². The van der Waals surface area contributed by atoms with E-state index in [1.807, 2.05) is 20.8 Å². The molecule has 4 heteroatoms.